The normalized spacial score (nSPS) is 12.6. The third kappa shape index (κ3) is 4.33. The Morgan fingerprint density at radius 3 is 2.31 bits per heavy atom. The number of hydrogen-bond acceptors (Lipinski definition) is 1. The fourth-order valence-electron chi connectivity index (χ4n) is 2.73. The molecule has 0 spiro atoms. The van der Waals surface area contributed by atoms with Crippen molar-refractivity contribution in [3.63, 3.8) is 0 Å². The molecule has 3 rings (SSSR count). The Bertz CT molecular complexity index is 858. The average Bonchev–Trinajstić information content (AvgIpc) is 3.14. The number of carbonyl (C=O) groups is 1. The molecule has 1 amide bonds. The Kier molecular flexibility index (Phi) is 5.11. The van der Waals surface area contributed by atoms with Crippen LogP contribution in [0.5, 0.6) is 0 Å². The van der Waals surface area contributed by atoms with Crippen molar-refractivity contribution in [2.45, 2.75) is 18.6 Å². The molecule has 26 heavy (non-hydrogen) atoms. The third-order valence-corrected chi connectivity index (χ3v) is 4.02. The summed E-state index contributed by atoms with van der Waals surface area (Å²) in [5, 5.41) is 2.60. The van der Waals surface area contributed by atoms with Crippen LogP contribution in [0.25, 0.3) is 0 Å². The van der Waals surface area contributed by atoms with Gasteiger partial charge in [-0.05, 0) is 35.9 Å². The number of nitrogens with one attached hydrogen (secondary N) is 1. The van der Waals surface area contributed by atoms with Gasteiger partial charge in [0.1, 0.15) is 6.04 Å². The van der Waals surface area contributed by atoms with Crippen LogP contribution in [0, 0.1) is 0 Å². The molecule has 0 saturated carbocycles. The maximum atomic E-state index is 12.9. The van der Waals surface area contributed by atoms with Crippen molar-refractivity contribution in [3.8, 4) is 0 Å². The van der Waals surface area contributed by atoms with Crippen LogP contribution in [0.1, 0.15) is 17.2 Å². The molecule has 0 saturated heterocycles. The SMILES string of the molecule is O=C(Nc1cccc(C(F)(F)F)c1)[C@H](Cc1ccccc1)n1cccc1. The molecule has 0 unspecified atom stereocenters. The van der Waals surface area contributed by atoms with Gasteiger partial charge >= 0.3 is 6.18 Å². The molecular weight excluding hydrogens is 341 g/mol. The van der Waals surface area contributed by atoms with E-state index in [9.17, 15) is 18.0 Å². The number of aromatic nitrogens is 1. The van der Waals surface area contributed by atoms with Crippen molar-refractivity contribution in [2.75, 3.05) is 5.32 Å². The van der Waals surface area contributed by atoms with E-state index in [1.54, 1.807) is 29.1 Å². The zero-order valence-corrected chi connectivity index (χ0v) is 13.8. The third-order valence-electron chi connectivity index (χ3n) is 4.02. The second-order valence-corrected chi connectivity index (χ2v) is 5.90. The summed E-state index contributed by atoms with van der Waals surface area (Å²) in [6.07, 6.45) is -0.496. The summed E-state index contributed by atoms with van der Waals surface area (Å²) in [5.41, 5.74) is 0.288. The highest BCUT2D eigenvalue weighted by Gasteiger charge is 2.30. The maximum absolute atomic E-state index is 12.9. The van der Waals surface area contributed by atoms with E-state index in [0.717, 1.165) is 17.7 Å². The minimum absolute atomic E-state index is 0.120. The molecule has 2 aromatic carbocycles. The minimum Gasteiger partial charge on any atom is -0.342 e. The molecule has 0 aliphatic carbocycles. The van der Waals surface area contributed by atoms with Gasteiger partial charge < -0.3 is 9.88 Å². The van der Waals surface area contributed by atoms with Crippen molar-refractivity contribution >= 4 is 11.6 Å². The summed E-state index contributed by atoms with van der Waals surface area (Å²) in [4.78, 5) is 12.8. The van der Waals surface area contributed by atoms with Gasteiger partial charge in [-0.3, -0.25) is 4.79 Å². The Morgan fingerprint density at radius 2 is 1.65 bits per heavy atom. The summed E-state index contributed by atoms with van der Waals surface area (Å²) < 4.78 is 40.3. The summed E-state index contributed by atoms with van der Waals surface area (Å²) >= 11 is 0. The van der Waals surface area contributed by atoms with Gasteiger partial charge in [0.05, 0.1) is 5.56 Å². The number of alkyl halides is 3. The topological polar surface area (TPSA) is 34.0 Å². The standard InChI is InChI=1S/C20H17F3N2O/c21-20(22,23)16-9-6-10-17(14-16)24-19(26)18(25-11-4-5-12-25)13-15-7-2-1-3-8-15/h1-12,14,18H,13H2,(H,24,26)/t18-/m0/s1. The lowest BCUT2D eigenvalue weighted by atomic mass is 10.0. The molecule has 0 fully saturated rings. The molecule has 0 aliphatic heterocycles. The van der Waals surface area contributed by atoms with Crippen LogP contribution in [-0.2, 0) is 17.4 Å². The Morgan fingerprint density at radius 1 is 0.962 bits per heavy atom. The Hall–Kier alpha value is -3.02. The zero-order chi connectivity index (χ0) is 18.6. The number of amides is 1. The molecule has 0 radical (unpaired) electrons. The van der Waals surface area contributed by atoms with Gasteiger partial charge in [-0.1, -0.05) is 36.4 Å². The van der Waals surface area contributed by atoms with Crippen LogP contribution in [-0.4, -0.2) is 10.5 Å². The summed E-state index contributed by atoms with van der Waals surface area (Å²) in [5.74, 6) is -0.371. The summed E-state index contributed by atoms with van der Waals surface area (Å²) in [6.45, 7) is 0. The van der Waals surface area contributed by atoms with Crippen LogP contribution in [0.4, 0.5) is 18.9 Å². The maximum Gasteiger partial charge on any atom is 0.416 e. The van der Waals surface area contributed by atoms with E-state index in [0.29, 0.717) is 6.42 Å². The van der Waals surface area contributed by atoms with Crippen LogP contribution in [0.3, 0.4) is 0 Å². The smallest absolute Gasteiger partial charge is 0.342 e. The van der Waals surface area contributed by atoms with E-state index >= 15 is 0 Å². The van der Waals surface area contributed by atoms with Crippen molar-refractivity contribution in [1.29, 1.82) is 0 Å². The predicted octanol–water partition coefficient (Wildman–Crippen LogP) is 4.93. The van der Waals surface area contributed by atoms with Crippen LogP contribution in [0.2, 0.25) is 0 Å². The molecule has 1 atom stereocenters. The zero-order valence-electron chi connectivity index (χ0n) is 13.8. The molecular formula is C20H17F3N2O. The lowest BCUT2D eigenvalue weighted by Crippen LogP contribution is -2.27. The van der Waals surface area contributed by atoms with Gasteiger partial charge in [-0.15, -0.1) is 0 Å². The van der Waals surface area contributed by atoms with Gasteiger partial charge in [0.25, 0.3) is 0 Å². The largest absolute Gasteiger partial charge is 0.416 e. The fourth-order valence-corrected chi connectivity index (χ4v) is 2.73. The highest BCUT2D eigenvalue weighted by Crippen LogP contribution is 2.31. The Labute approximate surface area is 149 Å². The molecule has 6 heteroatoms. The first kappa shape index (κ1) is 17.8. The quantitative estimate of drug-likeness (QED) is 0.689. The molecule has 0 bridgehead atoms. The second kappa shape index (κ2) is 7.47. The lowest BCUT2D eigenvalue weighted by molar-refractivity contribution is -0.137. The van der Waals surface area contributed by atoms with Crippen LogP contribution < -0.4 is 5.32 Å². The number of nitrogens with zero attached hydrogens (tertiary/aromatic N) is 1. The number of carbonyl (C=O) groups excluding carboxylic acids is 1. The monoisotopic (exact) mass is 358 g/mol. The van der Waals surface area contributed by atoms with Gasteiger partial charge in [0.2, 0.25) is 5.91 Å². The van der Waals surface area contributed by atoms with Crippen LogP contribution >= 0.6 is 0 Å². The molecule has 3 aromatic rings. The van der Waals surface area contributed by atoms with E-state index in [4.69, 9.17) is 0 Å². The van der Waals surface area contributed by atoms with Gasteiger partial charge in [-0.2, -0.15) is 13.2 Å². The highest BCUT2D eigenvalue weighted by molar-refractivity contribution is 5.94. The highest BCUT2D eigenvalue weighted by atomic mass is 19.4. The summed E-state index contributed by atoms with van der Waals surface area (Å²) in [7, 11) is 0. The summed E-state index contributed by atoms with van der Waals surface area (Å²) in [6, 6.07) is 17.1. The fraction of sp³-hybridized carbons (Fsp3) is 0.150. The Balaban J connectivity index is 1.82. The molecule has 1 aromatic heterocycles. The van der Waals surface area contributed by atoms with Gasteiger partial charge in [0, 0.05) is 24.5 Å². The average molecular weight is 358 g/mol. The van der Waals surface area contributed by atoms with Crippen molar-refractivity contribution in [2.24, 2.45) is 0 Å². The lowest BCUT2D eigenvalue weighted by Gasteiger charge is -2.19. The van der Waals surface area contributed by atoms with Crippen molar-refractivity contribution < 1.29 is 18.0 Å². The van der Waals surface area contributed by atoms with Gasteiger partial charge in [-0.25, -0.2) is 0 Å². The van der Waals surface area contributed by atoms with Crippen LogP contribution in [0.15, 0.2) is 79.1 Å². The van der Waals surface area contributed by atoms with E-state index in [2.05, 4.69) is 5.32 Å². The number of rotatable bonds is 5. The first-order valence-electron chi connectivity index (χ1n) is 8.08. The number of halogens is 3. The molecule has 3 nitrogen and oxygen atoms in total. The van der Waals surface area contributed by atoms with Crippen molar-refractivity contribution in [3.05, 3.63) is 90.3 Å². The van der Waals surface area contributed by atoms with E-state index in [1.165, 1.54) is 12.1 Å². The van der Waals surface area contributed by atoms with Gasteiger partial charge in [0.15, 0.2) is 0 Å². The second-order valence-electron chi connectivity index (χ2n) is 5.90. The number of hydrogen-bond donors (Lipinski definition) is 1. The van der Waals surface area contributed by atoms with Crippen molar-refractivity contribution in [1.82, 2.24) is 4.57 Å². The molecule has 1 N–H and O–H groups in total. The minimum atomic E-state index is -4.45. The predicted molar refractivity (Wildman–Crippen MR) is 93.7 cm³/mol. The first-order valence-corrected chi connectivity index (χ1v) is 8.08. The van der Waals surface area contributed by atoms with E-state index < -0.39 is 17.8 Å². The molecule has 0 aliphatic rings. The molecule has 1 heterocycles. The first-order chi connectivity index (χ1) is 12.4. The van der Waals surface area contributed by atoms with E-state index in [-0.39, 0.29) is 11.6 Å². The number of anilines is 1. The van der Waals surface area contributed by atoms with E-state index in [1.807, 2.05) is 30.3 Å². The number of benzene rings is 2. The molecule has 134 valence electrons.